The van der Waals surface area contributed by atoms with Gasteiger partial charge in [0.15, 0.2) is 0 Å². The van der Waals surface area contributed by atoms with Gasteiger partial charge < -0.3 is 14.3 Å². The second kappa shape index (κ2) is 7.74. The lowest BCUT2D eigenvalue weighted by atomic mass is 10.2. The fourth-order valence-corrected chi connectivity index (χ4v) is 2.25. The molecule has 6 nitrogen and oxygen atoms in total. The minimum Gasteiger partial charge on any atom is -0.481 e. The van der Waals surface area contributed by atoms with Gasteiger partial charge in [-0.25, -0.2) is 0 Å². The third-order valence-electron chi connectivity index (χ3n) is 2.49. The highest BCUT2D eigenvalue weighted by Crippen LogP contribution is 2.25. The fourth-order valence-electron chi connectivity index (χ4n) is 1.55. The first-order valence-electron chi connectivity index (χ1n) is 6.28. The zero-order chi connectivity index (χ0) is 15.9. The number of alkyl halides is 2. The lowest BCUT2D eigenvalue weighted by molar-refractivity contribution is -0.137. The summed E-state index contributed by atoms with van der Waals surface area (Å²) in [5.41, 5.74) is 0.575. The molecule has 1 aromatic carbocycles. The molecule has 9 heteroatoms. The van der Waals surface area contributed by atoms with Crippen LogP contribution in [0.2, 0.25) is 0 Å². The molecule has 0 aliphatic heterocycles. The van der Waals surface area contributed by atoms with E-state index in [0.717, 1.165) is 0 Å². The lowest BCUT2D eigenvalue weighted by Crippen LogP contribution is -2.01. The molecule has 0 saturated carbocycles. The Bertz CT molecular complexity index is 619. The van der Waals surface area contributed by atoms with Crippen molar-refractivity contribution in [1.82, 2.24) is 10.2 Å². The molecular formula is C13H12F2N2O4S. The standard InChI is InChI=1S/C13H12F2N2O4S/c14-12(15)20-9-5-3-8(4-6-9)11-16-17-13(21-11)22-7-1-2-10(18)19/h3-6,12H,1-2,7H2,(H,18,19). The van der Waals surface area contributed by atoms with Gasteiger partial charge in [0.05, 0.1) is 0 Å². The van der Waals surface area contributed by atoms with Gasteiger partial charge in [0.1, 0.15) is 5.75 Å². The van der Waals surface area contributed by atoms with Crippen LogP contribution in [0.15, 0.2) is 33.9 Å². The smallest absolute Gasteiger partial charge is 0.387 e. The Balaban J connectivity index is 1.91. The molecule has 1 N–H and O–H groups in total. The van der Waals surface area contributed by atoms with E-state index in [1.807, 2.05) is 0 Å². The maximum absolute atomic E-state index is 12.0. The number of halogens is 2. The maximum atomic E-state index is 12.0. The lowest BCUT2D eigenvalue weighted by Gasteiger charge is -2.03. The van der Waals surface area contributed by atoms with Crippen molar-refractivity contribution in [2.24, 2.45) is 0 Å². The van der Waals surface area contributed by atoms with Crippen LogP contribution < -0.4 is 4.74 Å². The Labute approximate surface area is 128 Å². The van der Waals surface area contributed by atoms with E-state index in [1.165, 1.54) is 36.0 Å². The van der Waals surface area contributed by atoms with Crippen molar-refractivity contribution in [1.29, 1.82) is 0 Å². The van der Waals surface area contributed by atoms with Gasteiger partial charge in [0, 0.05) is 17.7 Å². The summed E-state index contributed by atoms with van der Waals surface area (Å²) in [6.45, 7) is -2.87. The number of nitrogens with zero attached hydrogens (tertiary/aromatic N) is 2. The number of carboxylic acid groups (broad SMARTS) is 1. The molecule has 0 saturated heterocycles. The second-order valence-corrected chi connectivity index (χ2v) is 5.17. The average molecular weight is 330 g/mol. The molecule has 0 unspecified atom stereocenters. The minimum absolute atomic E-state index is 0.0431. The number of carbonyl (C=O) groups is 1. The highest BCUT2D eigenvalue weighted by atomic mass is 32.2. The predicted octanol–water partition coefficient (Wildman–Crippen LogP) is 3.29. The maximum Gasteiger partial charge on any atom is 0.387 e. The van der Waals surface area contributed by atoms with Crippen LogP contribution in [0.3, 0.4) is 0 Å². The number of aromatic nitrogens is 2. The predicted molar refractivity (Wildman–Crippen MR) is 74.0 cm³/mol. The van der Waals surface area contributed by atoms with Crippen LogP contribution in [0.25, 0.3) is 11.5 Å². The molecule has 118 valence electrons. The minimum atomic E-state index is -2.87. The zero-order valence-electron chi connectivity index (χ0n) is 11.2. The van der Waals surface area contributed by atoms with Crippen molar-refractivity contribution in [3.63, 3.8) is 0 Å². The summed E-state index contributed by atoms with van der Waals surface area (Å²) < 4.78 is 33.7. The molecule has 0 spiro atoms. The van der Waals surface area contributed by atoms with Crippen molar-refractivity contribution in [3.8, 4) is 17.2 Å². The monoisotopic (exact) mass is 330 g/mol. The Kier molecular flexibility index (Phi) is 5.70. The Morgan fingerprint density at radius 2 is 2.05 bits per heavy atom. The third kappa shape index (κ3) is 4.99. The fraction of sp³-hybridized carbons (Fsp3) is 0.308. The van der Waals surface area contributed by atoms with E-state index in [2.05, 4.69) is 14.9 Å². The Hall–Kier alpha value is -2.16. The van der Waals surface area contributed by atoms with Crippen LogP contribution >= 0.6 is 11.8 Å². The normalized spacial score (nSPS) is 10.9. The van der Waals surface area contributed by atoms with E-state index in [-0.39, 0.29) is 18.1 Å². The van der Waals surface area contributed by atoms with E-state index in [1.54, 1.807) is 0 Å². The summed E-state index contributed by atoms with van der Waals surface area (Å²) >= 11 is 1.26. The van der Waals surface area contributed by atoms with Gasteiger partial charge >= 0.3 is 12.6 Å². The van der Waals surface area contributed by atoms with Crippen LogP contribution in [0, 0.1) is 0 Å². The summed E-state index contributed by atoms with van der Waals surface area (Å²) in [6.07, 6.45) is 0.580. The van der Waals surface area contributed by atoms with Crippen molar-refractivity contribution >= 4 is 17.7 Å². The molecule has 0 amide bonds. The summed E-state index contributed by atoms with van der Waals surface area (Å²) in [5, 5.41) is 16.5. The van der Waals surface area contributed by atoms with Crippen LogP contribution in [0.5, 0.6) is 5.75 Å². The number of rotatable bonds is 8. The molecule has 0 fully saturated rings. The van der Waals surface area contributed by atoms with E-state index >= 15 is 0 Å². The number of carboxylic acids is 1. The number of aliphatic carboxylic acids is 1. The van der Waals surface area contributed by atoms with Crippen molar-refractivity contribution in [2.45, 2.75) is 24.7 Å². The average Bonchev–Trinajstić information content (AvgIpc) is 2.92. The van der Waals surface area contributed by atoms with E-state index in [9.17, 15) is 13.6 Å². The highest BCUT2D eigenvalue weighted by Gasteiger charge is 2.10. The Morgan fingerprint density at radius 3 is 2.68 bits per heavy atom. The van der Waals surface area contributed by atoms with E-state index < -0.39 is 12.6 Å². The van der Waals surface area contributed by atoms with Gasteiger partial charge in [0.25, 0.3) is 5.22 Å². The first kappa shape index (κ1) is 16.2. The second-order valence-electron chi connectivity index (χ2n) is 4.12. The van der Waals surface area contributed by atoms with Gasteiger partial charge in [-0.2, -0.15) is 8.78 Å². The molecule has 22 heavy (non-hydrogen) atoms. The summed E-state index contributed by atoms with van der Waals surface area (Å²) in [6, 6.07) is 5.82. The zero-order valence-corrected chi connectivity index (χ0v) is 12.1. The molecule has 0 aliphatic carbocycles. The molecule has 0 atom stereocenters. The SMILES string of the molecule is O=C(O)CCCSc1nnc(-c2ccc(OC(F)F)cc2)o1. The van der Waals surface area contributed by atoms with Gasteiger partial charge in [-0.1, -0.05) is 11.8 Å². The largest absolute Gasteiger partial charge is 0.481 e. The number of ether oxygens (including phenoxy) is 1. The first-order valence-corrected chi connectivity index (χ1v) is 7.26. The van der Waals surface area contributed by atoms with Crippen molar-refractivity contribution in [3.05, 3.63) is 24.3 Å². The van der Waals surface area contributed by atoms with Crippen LogP contribution in [0.1, 0.15) is 12.8 Å². The van der Waals surface area contributed by atoms with E-state index in [4.69, 9.17) is 9.52 Å². The number of benzene rings is 1. The topological polar surface area (TPSA) is 85.5 Å². The first-order chi connectivity index (χ1) is 10.5. The molecule has 2 aromatic rings. The van der Waals surface area contributed by atoms with E-state index in [0.29, 0.717) is 23.0 Å². The van der Waals surface area contributed by atoms with Gasteiger partial charge in [0.2, 0.25) is 5.89 Å². The molecule has 0 aliphatic rings. The number of hydrogen-bond acceptors (Lipinski definition) is 6. The molecular weight excluding hydrogens is 318 g/mol. The number of hydrogen-bond donors (Lipinski definition) is 1. The molecule has 0 bridgehead atoms. The molecule has 2 rings (SSSR count). The molecule has 1 heterocycles. The van der Waals surface area contributed by atoms with Crippen LogP contribution in [0.4, 0.5) is 8.78 Å². The van der Waals surface area contributed by atoms with Crippen molar-refractivity contribution < 1.29 is 27.8 Å². The highest BCUT2D eigenvalue weighted by molar-refractivity contribution is 7.99. The quantitative estimate of drug-likeness (QED) is 0.587. The number of thioether (sulfide) groups is 1. The van der Waals surface area contributed by atoms with Gasteiger partial charge in [-0.05, 0) is 30.7 Å². The van der Waals surface area contributed by atoms with Gasteiger partial charge in [-0.3, -0.25) is 4.79 Å². The van der Waals surface area contributed by atoms with Gasteiger partial charge in [-0.15, -0.1) is 10.2 Å². The molecule has 0 radical (unpaired) electrons. The Morgan fingerprint density at radius 1 is 1.32 bits per heavy atom. The van der Waals surface area contributed by atoms with Crippen LogP contribution in [-0.4, -0.2) is 33.6 Å². The molecule has 1 aromatic heterocycles. The third-order valence-corrected chi connectivity index (χ3v) is 3.40. The summed E-state index contributed by atoms with van der Waals surface area (Å²) in [5.74, 6) is -0.00135. The summed E-state index contributed by atoms with van der Waals surface area (Å²) in [4.78, 5) is 10.4. The van der Waals surface area contributed by atoms with Crippen molar-refractivity contribution in [2.75, 3.05) is 5.75 Å². The summed E-state index contributed by atoms with van der Waals surface area (Å²) in [7, 11) is 0. The van der Waals surface area contributed by atoms with Crippen LogP contribution in [-0.2, 0) is 4.79 Å².